The van der Waals surface area contributed by atoms with E-state index in [2.05, 4.69) is 10.3 Å². The van der Waals surface area contributed by atoms with E-state index in [0.29, 0.717) is 16.6 Å². The van der Waals surface area contributed by atoms with Crippen LogP contribution in [-0.4, -0.2) is 28.9 Å². The molecule has 0 aliphatic heterocycles. The third kappa shape index (κ3) is 3.55. The molecule has 2 aromatic heterocycles. The fraction of sp³-hybridized carbons (Fsp3) is 0.429. The minimum atomic E-state index is -0.137. The molecule has 1 amide bonds. The van der Waals surface area contributed by atoms with E-state index in [-0.39, 0.29) is 17.8 Å². The molecule has 0 aliphatic rings. The van der Waals surface area contributed by atoms with Gasteiger partial charge in [-0.3, -0.25) is 4.79 Å². The van der Waals surface area contributed by atoms with Crippen LogP contribution in [0.4, 0.5) is 10.9 Å². The molecule has 2 rings (SSSR count). The number of anilines is 2. The van der Waals surface area contributed by atoms with Gasteiger partial charge >= 0.3 is 0 Å². The highest BCUT2D eigenvalue weighted by Crippen LogP contribution is 2.27. The molecular formula is C14H20N4O2S. The zero-order chi connectivity index (χ0) is 15.6. The first-order valence-electron chi connectivity index (χ1n) is 6.69. The number of hydrogen-bond acceptors (Lipinski definition) is 6. The molecule has 0 atom stereocenters. The van der Waals surface area contributed by atoms with Crippen molar-refractivity contribution in [1.82, 2.24) is 9.88 Å². The average molecular weight is 308 g/mol. The second-order valence-electron chi connectivity index (χ2n) is 5.20. The first-order valence-corrected chi connectivity index (χ1v) is 7.51. The van der Waals surface area contributed by atoms with Gasteiger partial charge in [-0.2, -0.15) is 0 Å². The molecule has 0 spiro atoms. The minimum absolute atomic E-state index is 0.137. The highest BCUT2D eigenvalue weighted by molar-refractivity contribution is 7.18. The van der Waals surface area contributed by atoms with E-state index < -0.39 is 0 Å². The second-order valence-corrected chi connectivity index (χ2v) is 6.19. The van der Waals surface area contributed by atoms with E-state index in [4.69, 9.17) is 10.2 Å². The van der Waals surface area contributed by atoms with Crippen molar-refractivity contribution >= 4 is 28.2 Å². The van der Waals surface area contributed by atoms with E-state index in [1.165, 1.54) is 11.3 Å². The Bertz CT molecular complexity index is 633. The average Bonchev–Trinajstić information content (AvgIpc) is 2.95. The lowest BCUT2D eigenvalue weighted by Crippen LogP contribution is -2.26. The van der Waals surface area contributed by atoms with Gasteiger partial charge in [-0.05, 0) is 26.8 Å². The number of rotatable bonds is 5. The molecule has 0 aliphatic carbocycles. The third-order valence-electron chi connectivity index (χ3n) is 2.98. The van der Waals surface area contributed by atoms with Gasteiger partial charge in [0.05, 0.1) is 6.26 Å². The minimum Gasteiger partial charge on any atom is -0.469 e. The Morgan fingerprint density at radius 1 is 1.57 bits per heavy atom. The van der Waals surface area contributed by atoms with Crippen LogP contribution in [0.3, 0.4) is 0 Å². The lowest BCUT2D eigenvalue weighted by Gasteiger charge is -2.15. The summed E-state index contributed by atoms with van der Waals surface area (Å²) in [5.41, 5.74) is 6.83. The maximum absolute atomic E-state index is 12.5. The van der Waals surface area contributed by atoms with Crippen LogP contribution in [0, 0.1) is 6.92 Å². The molecule has 0 bridgehead atoms. The van der Waals surface area contributed by atoms with E-state index in [0.717, 1.165) is 11.3 Å². The first kappa shape index (κ1) is 15.4. The van der Waals surface area contributed by atoms with Crippen LogP contribution < -0.4 is 11.1 Å². The topological polar surface area (TPSA) is 84.4 Å². The molecule has 6 nitrogen and oxygen atoms in total. The molecule has 2 aromatic rings. The molecule has 7 heteroatoms. The van der Waals surface area contributed by atoms with Crippen LogP contribution in [0.1, 0.15) is 34.8 Å². The molecular weight excluding hydrogens is 288 g/mol. The smallest absolute Gasteiger partial charge is 0.267 e. The van der Waals surface area contributed by atoms with Gasteiger partial charge in [0.15, 0.2) is 5.13 Å². The van der Waals surface area contributed by atoms with Crippen molar-refractivity contribution in [1.29, 1.82) is 0 Å². The lowest BCUT2D eigenvalue weighted by atomic mass is 10.2. The van der Waals surface area contributed by atoms with E-state index >= 15 is 0 Å². The molecule has 0 saturated heterocycles. The highest BCUT2D eigenvalue weighted by atomic mass is 32.1. The molecule has 0 radical (unpaired) electrons. The van der Waals surface area contributed by atoms with Gasteiger partial charge in [0.1, 0.15) is 16.5 Å². The summed E-state index contributed by atoms with van der Waals surface area (Å²) >= 11 is 1.28. The Kier molecular flexibility index (Phi) is 4.52. The van der Waals surface area contributed by atoms with Gasteiger partial charge in [0, 0.05) is 25.2 Å². The zero-order valence-corrected chi connectivity index (χ0v) is 13.5. The standard InChI is InChI=1S/C14H20N4O2S/c1-8(2)16-14-17-12(15)11(21-14)13(19)18(4)7-10-5-6-20-9(10)3/h5-6,8H,7,15H2,1-4H3,(H,16,17). The number of thiazole rings is 1. The number of nitrogens with two attached hydrogens (primary N) is 1. The number of aryl methyl sites for hydroxylation is 1. The molecule has 0 fully saturated rings. The number of aromatic nitrogens is 1. The molecule has 0 aromatic carbocycles. The van der Waals surface area contributed by atoms with Gasteiger partial charge in [-0.1, -0.05) is 11.3 Å². The third-order valence-corrected chi connectivity index (χ3v) is 3.97. The fourth-order valence-electron chi connectivity index (χ4n) is 1.87. The summed E-state index contributed by atoms with van der Waals surface area (Å²) in [5, 5.41) is 3.82. The Labute approximate surface area is 128 Å². The fourth-order valence-corrected chi connectivity index (χ4v) is 2.90. The summed E-state index contributed by atoms with van der Waals surface area (Å²) in [4.78, 5) is 18.7. The quantitative estimate of drug-likeness (QED) is 0.887. The molecule has 3 N–H and O–H groups in total. The van der Waals surface area contributed by atoms with Crippen LogP contribution in [0.2, 0.25) is 0 Å². The van der Waals surface area contributed by atoms with Crippen LogP contribution in [0.15, 0.2) is 16.7 Å². The largest absolute Gasteiger partial charge is 0.469 e. The van der Waals surface area contributed by atoms with Gasteiger partial charge in [-0.15, -0.1) is 0 Å². The van der Waals surface area contributed by atoms with Crippen molar-refractivity contribution in [2.24, 2.45) is 0 Å². The van der Waals surface area contributed by atoms with Crippen molar-refractivity contribution in [3.05, 3.63) is 28.5 Å². The number of carbonyl (C=O) groups excluding carboxylic acids is 1. The predicted octanol–water partition coefficient (Wildman–Crippen LogP) is 2.72. The van der Waals surface area contributed by atoms with Crippen molar-refractivity contribution in [2.45, 2.75) is 33.4 Å². The number of nitrogens with zero attached hydrogens (tertiary/aromatic N) is 2. The second kappa shape index (κ2) is 6.17. The summed E-state index contributed by atoms with van der Waals surface area (Å²) in [7, 11) is 1.74. The first-order chi connectivity index (χ1) is 9.88. The number of carbonyl (C=O) groups is 1. The van der Waals surface area contributed by atoms with Crippen molar-refractivity contribution in [3.63, 3.8) is 0 Å². The van der Waals surface area contributed by atoms with Crippen molar-refractivity contribution in [3.8, 4) is 0 Å². The molecule has 0 saturated carbocycles. The van der Waals surface area contributed by atoms with Crippen LogP contribution in [0.5, 0.6) is 0 Å². The molecule has 0 unspecified atom stereocenters. The summed E-state index contributed by atoms with van der Waals surface area (Å²) in [6.45, 7) is 6.37. The van der Waals surface area contributed by atoms with E-state index in [9.17, 15) is 4.79 Å². The number of amides is 1. The normalized spacial score (nSPS) is 10.9. The number of hydrogen-bond donors (Lipinski definition) is 2. The summed E-state index contributed by atoms with van der Waals surface area (Å²) < 4.78 is 5.24. The van der Waals surface area contributed by atoms with Crippen molar-refractivity contribution in [2.75, 3.05) is 18.1 Å². The highest BCUT2D eigenvalue weighted by Gasteiger charge is 2.21. The summed E-state index contributed by atoms with van der Waals surface area (Å²) in [6, 6.07) is 2.10. The maximum Gasteiger partial charge on any atom is 0.267 e. The summed E-state index contributed by atoms with van der Waals surface area (Å²) in [5.74, 6) is 0.945. The van der Waals surface area contributed by atoms with Gasteiger partial charge in [0.25, 0.3) is 5.91 Å². The van der Waals surface area contributed by atoms with E-state index in [1.807, 2.05) is 26.8 Å². The van der Waals surface area contributed by atoms with Crippen LogP contribution >= 0.6 is 11.3 Å². The predicted molar refractivity (Wildman–Crippen MR) is 84.5 cm³/mol. The van der Waals surface area contributed by atoms with Crippen molar-refractivity contribution < 1.29 is 9.21 Å². The molecule has 2 heterocycles. The number of nitrogens with one attached hydrogen (secondary N) is 1. The lowest BCUT2D eigenvalue weighted by molar-refractivity contribution is 0.0790. The van der Waals surface area contributed by atoms with Gasteiger partial charge in [0.2, 0.25) is 0 Å². The monoisotopic (exact) mass is 308 g/mol. The maximum atomic E-state index is 12.5. The Morgan fingerprint density at radius 3 is 2.86 bits per heavy atom. The molecule has 114 valence electrons. The van der Waals surface area contributed by atoms with Crippen LogP contribution in [-0.2, 0) is 6.54 Å². The Balaban J connectivity index is 2.12. The SMILES string of the molecule is Cc1occc1CN(C)C(=O)c1sc(NC(C)C)nc1N. The molecule has 21 heavy (non-hydrogen) atoms. The Morgan fingerprint density at radius 2 is 2.29 bits per heavy atom. The number of nitrogen functional groups attached to an aromatic ring is 1. The van der Waals surface area contributed by atoms with Gasteiger partial charge < -0.3 is 20.4 Å². The van der Waals surface area contributed by atoms with E-state index in [1.54, 1.807) is 18.2 Å². The number of furan rings is 1. The summed E-state index contributed by atoms with van der Waals surface area (Å²) in [6.07, 6.45) is 1.62. The Hall–Kier alpha value is -2.02. The van der Waals surface area contributed by atoms with Crippen LogP contribution in [0.25, 0.3) is 0 Å². The zero-order valence-electron chi connectivity index (χ0n) is 12.6. The van der Waals surface area contributed by atoms with Gasteiger partial charge in [-0.25, -0.2) is 4.98 Å².